The van der Waals surface area contributed by atoms with Crippen molar-refractivity contribution in [3.63, 3.8) is 0 Å². The highest BCUT2D eigenvalue weighted by Crippen LogP contribution is 2.23. The van der Waals surface area contributed by atoms with Gasteiger partial charge < -0.3 is 15.3 Å². The number of hydrogen-bond donors (Lipinski definition) is 2. The van der Waals surface area contributed by atoms with Gasteiger partial charge in [-0.15, -0.1) is 0 Å². The minimum Gasteiger partial charge on any atom is -0.395 e. The molecular formula is C14H23FN2O. The molecule has 0 aliphatic heterocycles. The third-order valence-corrected chi connectivity index (χ3v) is 2.92. The molecule has 0 aliphatic carbocycles. The van der Waals surface area contributed by atoms with Gasteiger partial charge in [0.2, 0.25) is 0 Å². The van der Waals surface area contributed by atoms with E-state index in [1.54, 1.807) is 6.07 Å². The summed E-state index contributed by atoms with van der Waals surface area (Å²) in [7, 11) is 0. The zero-order valence-corrected chi connectivity index (χ0v) is 11.2. The van der Waals surface area contributed by atoms with Crippen LogP contribution in [0.2, 0.25) is 0 Å². The van der Waals surface area contributed by atoms with Crippen LogP contribution in [0.5, 0.6) is 0 Å². The summed E-state index contributed by atoms with van der Waals surface area (Å²) in [6.07, 6.45) is 1.03. The van der Waals surface area contributed by atoms with Gasteiger partial charge in [0.15, 0.2) is 0 Å². The lowest BCUT2D eigenvalue weighted by atomic mass is 10.1. The Morgan fingerprint density at radius 1 is 1.33 bits per heavy atom. The van der Waals surface area contributed by atoms with E-state index in [1.807, 2.05) is 17.9 Å². The van der Waals surface area contributed by atoms with Crippen molar-refractivity contribution < 1.29 is 9.50 Å². The molecule has 2 N–H and O–H groups in total. The van der Waals surface area contributed by atoms with E-state index in [2.05, 4.69) is 12.2 Å². The monoisotopic (exact) mass is 254 g/mol. The number of likely N-dealkylation sites (N-methyl/N-ethyl adjacent to an activating group) is 1. The van der Waals surface area contributed by atoms with Crippen molar-refractivity contribution in [3.8, 4) is 0 Å². The van der Waals surface area contributed by atoms with Crippen LogP contribution >= 0.6 is 0 Å². The minimum atomic E-state index is -0.188. The van der Waals surface area contributed by atoms with Gasteiger partial charge in [-0.2, -0.15) is 0 Å². The summed E-state index contributed by atoms with van der Waals surface area (Å²) >= 11 is 0. The van der Waals surface area contributed by atoms with Crippen LogP contribution in [0, 0.1) is 5.82 Å². The Bertz CT molecular complexity index is 358. The van der Waals surface area contributed by atoms with Crippen LogP contribution in [-0.2, 0) is 6.54 Å². The van der Waals surface area contributed by atoms with Gasteiger partial charge in [-0.05, 0) is 32.0 Å². The number of hydrogen-bond acceptors (Lipinski definition) is 3. The zero-order valence-electron chi connectivity index (χ0n) is 11.2. The number of nitrogens with zero attached hydrogens (tertiary/aromatic N) is 1. The van der Waals surface area contributed by atoms with E-state index in [-0.39, 0.29) is 12.4 Å². The third kappa shape index (κ3) is 3.96. The first kappa shape index (κ1) is 14.9. The highest BCUT2D eigenvalue weighted by Gasteiger charge is 2.12. The lowest BCUT2D eigenvalue weighted by molar-refractivity contribution is 0.302. The number of anilines is 1. The number of benzene rings is 1. The summed E-state index contributed by atoms with van der Waals surface area (Å²) in [5.41, 5.74) is 1.55. The second-order valence-corrected chi connectivity index (χ2v) is 4.22. The Morgan fingerprint density at radius 2 is 2.11 bits per heavy atom. The quantitative estimate of drug-likeness (QED) is 0.698. The van der Waals surface area contributed by atoms with E-state index in [4.69, 9.17) is 5.11 Å². The lowest BCUT2D eigenvalue weighted by Crippen LogP contribution is -2.28. The van der Waals surface area contributed by atoms with Gasteiger partial charge in [-0.25, -0.2) is 4.39 Å². The number of nitrogens with one attached hydrogen (secondary N) is 1. The van der Waals surface area contributed by atoms with Crippen LogP contribution in [0.25, 0.3) is 0 Å². The standard InChI is InChI=1S/C14H23FN2O/c1-3-8-16-11-12-13(15)6-5-7-14(12)17(4-2)9-10-18/h5-7,16,18H,3-4,8-11H2,1-2H3. The molecule has 0 fully saturated rings. The highest BCUT2D eigenvalue weighted by molar-refractivity contribution is 5.54. The van der Waals surface area contributed by atoms with Crippen molar-refractivity contribution in [2.24, 2.45) is 0 Å². The predicted molar refractivity (Wildman–Crippen MR) is 73.4 cm³/mol. The maximum atomic E-state index is 13.9. The van der Waals surface area contributed by atoms with Crippen LogP contribution in [0.1, 0.15) is 25.8 Å². The molecule has 0 bridgehead atoms. The van der Waals surface area contributed by atoms with Crippen LogP contribution in [-0.4, -0.2) is 31.3 Å². The van der Waals surface area contributed by atoms with Gasteiger partial charge in [0.1, 0.15) is 5.82 Å². The second kappa shape index (κ2) is 8.06. The van der Waals surface area contributed by atoms with Gasteiger partial charge in [0.05, 0.1) is 6.61 Å². The van der Waals surface area contributed by atoms with Crippen molar-refractivity contribution in [1.29, 1.82) is 0 Å². The molecule has 3 nitrogen and oxygen atoms in total. The molecule has 1 rings (SSSR count). The van der Waals surface area contributed by atoms with Crippen molar-refractivity contribution in [3.05, 3.63) is 29.6 Å². The molecule has 0 spiro atoms. The first-order valence-electron chi connectivity index (χ1n) is 6.58. The molecule has 0 saturated heterocycles. The summed E-state index contributed by atoms with van der Waals surface area (Å²) in [6, 6.07) is 5.11. The molecule has 18 heavy (non-hydrogen) atoms. The molecule has 102 valence electrons. The number of aliphatic hydroxyl groups excluding tert-OH is 1. The normalized spacial score (nSPS) is 10.7. The first-order valence-corrected chi connectivity index (χ1v) is 6.58. The summed E-state index contributed by atoms with van der Waals surface area (Å²) in [6.45, 7) is 6.85. The Balaban J connectivity index is 2.90. The summed E-state index contributed by atoms with van der Waals surface area (Å²) in [5, 5.41) is 12.3. The number of aliphatic hydroxyl groups is 1. The van der Waals surface area contributed by atoms with Crippen molar-refractivity contribution in [1.82, 2.24) is 5.32 Å². The fourth-order valence-electron chi connectivity index (χ4n) is 1.98. The largest absolute Gasteiger partial charge is 0.395 e. The molecule has 0 unspecified atom stereocenters. The van der Waals surface area contributed by atoms with Crippen molar-refractivity contribution in [2.75, 3.05) is 31.1 Å². The zero-order chi connectivity index (χ0) is 13.4. The maximum Gasteiger partial charge on any atom is 0.129 e. The average Bonchev–Trinajstić information content (AvgIpc) is 2.38. The van der Waals surface area contributed by atoms with Crippen LogP contribution < -0.4 is 10.2 Å². The Kier molecular flexibility index (Phi) is 6.68. The van der Waals surface area contributed by atoms with E-state index in [1.165, 1.54) is 6.07 Å². The molecule has 0 aromatic heterocycles. The Labute approximate surface area is 109 Å². The van der Waals surface area contributed by atoms with Gasteiger partial charge in [-0.3, -0.25) is 0 Å². The Morgan fingerprint density at radius 3 is 2.72 bits per heavy atom. The van der Waals surface area contributed by atoms with Gasteiger partial charge in [-0.1, -0.05) is 13.0 Å². The van der Waals surface area contributed by atoms with E-state index >= 15 is 0 Å². The molecular weight excluding hydrogens is 231 g/mol. The van der Waals surface area contributed by atoms with Gasteiger partial charge in [0, 0.05) is 30.9 Å². The molecule has 1 aromatic rings. The second-order valence-electron chi connectivity index (χ2n) is 4.22. The number of rotatable bonds is 8. The summed E-state index contributed by atoms with van der Waals surface area (Å²) < 4.78 is 13.9. The fourth-order valence-corrected chi connectivity index (χ4v) is 1.98. The van der Waals surface area contributed by atoms with Gasteiger partial charge >= 0.3 is 0 Å². The van der Waals surface area contributed by atoms with E-state index in [9.17, 15) is 4.39 Å². The first-order chi connectivity index (χ1) is 8.74. The molecule has 0 heterocycles. The highest BCUT2D eigenvalue weighted by atomic mass is 19.1. The molecule has 0 amide bonds. The van der Waals surface area contributed by atoms with Crippen molar-refractivity contribution >= 4 is 5.69 Å². The van der Waals surface area contributed by atoms with Gasteiger partial charge in [0.25, 0.3) is 0 Å². The van der Waals surface area contributed by atoms with E-state index in [0.717, 1.165) is 25.2 Å². The Hall–Kier alpha value is -1.13. The number of halogens is 1. The molecule has 0 atom stereocenters. The minimum absolute atomic E-state index is 0.0756. The van der Waals surface area contributed by atoms with Crippen LogP contribution in [0.4, 0.5) is 10.1 Å². The van der Waals surface area contributed by atoms with Crippen molar-refractivity contribution in [2.45, 2.75) is 26.8 Å². The topological polar surface area (TPSA) is 35.5 Å². The summed E-state index contributed by atoms with van der Waals surface area (Å²) in [5.74, 6) is -0.188. The fraction of sp³-hybridized carbons (Fsp3) is 0.571. The van der Waals surface area contributed by atoms with Crippen LogP contribution in [0.15, 0.2) is 18.2 Å². The van der Waals surface area contributed by atoms with Crippen LogP contribution in [0.3, 0.4) is 0 Å². The summed E-state index contributed by atoms with van der Waals surface area (Å²) in [4.78, 5) is 1.99. The van der Waals surface area contributed by atoms with E-state index < -0.39 is 0 Å². The molecule has 0 aliphatic rings. The molecule has 0 radical (unpaired) electrons. The lowest BCUT2D eigenvalue weighted by Gasteiger charge is -2.25. The maximum absolute atomic E-state index is 13.9. The average molecular weight is 254 g/mol. The molecule has 1 aromatic carbocycles. The molecule has 4 heteroatoms. The smallest absolute Gasteiger partial charge is 0.129 e. The SMILES string of the molecule is CCCNCc1c(F)cccc1N(CC)CCO. The predicted octanol–water partition coefficient (Wildman–Crippen LogP) is 2.14. The van der Waals surface area contributed by atoms with E-state index in [0.29, 0.717) is 18.7 Å². The molecule has 0 saturated carbocycles. The third-order valence-electron chi connectivity index (χ3n) is 2.92.